The Hall–Kier alpha value is -1.06. The van der Waals surface area contributed by atoms with Gasteiger partial charge in [0, 0.05) is 13.0 Å². The zero-order chi connectivity index (χ0) is 13.1. The van der Waals surface area contributed by atoms with E-state index in [0.29, 0.717) is 13.0 Å². The van der Waals surface area contributed by atoms with E-state index in [1.165, 1.54) is 5.56 Å². The standard InChI is InChI=1S/C14H23NO2/c1-10-7-11(2)13(12(3)8-10)17-6-5-14(4,16)9-15/h7-8,16H,5-6,9,15H2,1-4H3. The third-order valence-corrected chi connectivity index (χ3v) is 2.93. The van der Waals surface area contributed by atoms with Gasteiger partial charge in [0.1, 0.15) is 5.75 Å². The lowest BCUT2D eigenvalue weighted by atomic mass is 10.0. The van der Waals surface area contributed by atoms with Gasteiger partial charge in [-0.2, -0.15) is 0 Å². The predicted octanol–water partition coefficient (Wildman–Crippen LogP) is 2.09. The summed E-state index contributed by atoms with van der Waals surface area (Å²) in [6.45, 7) is 8.61. The molecule has 1 aromatic carbocycles. The average Bonchev–Trinajstić information content (AvgIpc) is 2.22. The number of nitrogens with two attached hydrogens (primary N) is 1. The third-order valence-electron chi connectivity index (χ3n) is 2.93. The van der Waals surface area contributed by atoms with Gasteiger partial charge in [0.05, 0.1) is 12.2 Å². The van der Waals surface area contributed by atoms with Gasteiger partial charge in [0.25, 0.3) is 0 Å². The zero-order valence-electron chi connectivity index (χ0n) is 11.2. The Labute approximate surface area is 104 Å². The van der Waals surface area contributed by atoms with Crippen molar-refractivity contribution in [3.63, 3.8) is 0 Å². The summed E-state index contributed by atoms with van der Waals surface area (Å²) in [5, 5.41) is 9.78. The summed E-state index contributed by atoms with van der Waals surface area (Å²) in [4.78, 5) is 0. The number of hydrogen-bond acceptors (Lipinski definition) is 3. The highest BCUT2D eigenvalue weighted by Crippen LogP contribution is 2.25. The molecule has 0 aliphatic heterocycles. The number of benzene rings is 1. The first kappa shape index (κ1) is 14.0. The molecule has 0 aromatic heterocycles. The molecule has 0 aliphatic carbocycles. The quantitative estimate of drug-likeness (QED) is 0.824. The minimum Gasteiger partial charge on any atom is -0.493 e. The topological polar surface area (TPSA) is 55.5 Å². The lowest BCUT2D eigenvalue weighted by Gasteiger charge is -2.21. The van der Waals surface area contributed by atoms with Crippen molar-refractivity contribution in [1.29, 1.82) is 0 Å². The summed E-state index contributed by atoms with van der Waals surface area (Å²) >= 11 is 0. The highest BCUT2D eigenvalue weighted by molar-refractivity contribution is 5.42. The molecule has 0 bridgehead atoms. The summed E-state index contributed by atoms with van der Waals surface area (Å²) in [5.41, 5.74) is 8.12. The Kier molecular flexibility index (Phi) is 4.54. The van der Waals surface area contributed by atoms with Gasteiger partial charge in [0.15, 0.2) is 0 Å². The molecule has 1 aromatic rings. The van der Waals surface area contributed by atoms with Gasteiger partial charge in [-0.1, -0.05) is 17.7 Å². The molecule has 0 amide bonds. The van der Waals surface area contributed by atoms with E-state index >= 15 is 0 Å². The first-order valence-corrected chi connectivity index (χ1v) is 5.99. The minimum absolute atomic E-state index is 0.252. The molecule has 3 heteroatoms. The first-order valence-electron chi connectivity index (χ1n) is 5.99. The monoisotopic (exact) mass is 237 g/mol. The van der Waals surface area contributed by atoms with Crippen LogP contribution < -0.4 is 10.5 Å². The Bertz CT molecular complexity index is 363. The van der Waals surface area contributed by atoms with Crippen molar-refractivity contribution >= 4 is 0 Å². The summed E-state index contributed by atoms with van der Waals surface area (Å²) in [5.74, 6) is 0.920. The molecular weight excluding hydrogens is 214 g/mol. The van der Waals surface area contributed by atoms with Gasteiger partial charge in [-0.05, 0) is 38.8 Å². The second-order valence-corrected chi connectivity index (χ2v) is 5.03. The van der Waals surface area contributed by atoms with E-state index in [9.17, 15) is 5.11 Å². The van der Waals surface area contributed by atoms with Crippen LogP contribution in [0.5, 0.6) is 5.75 Å². The predicted molar refractivity (Wildman–Crippen MR) is 70.4 cm³/mol. The molecule has 1 unspecified atom stereocenters. The number of hydrogen-bond donors (Lipinski definition) is 2. The maximum Gasteiger partial charge on any atom is 0.125 e. The van der Waals surface area contributed by atoms with Gasteiger partial charge in [-0.3, -0.25) is 0 Å². The highest BCUT2D eigenvalue weighted by Gasteiger charge is 2.18. The molecule has 0 saturated heterocycles. The van der Waals surface area contributed by atoms with E-state index in [0.717, 1.165) is 16.9 Å². The molecule has 0 spiro atoms. The van der Waals surface area contributed by atoms with Crippen molar-refractivity contribution in [1.82, 2.24) is 0 Å². The van der Waals surface area contributed by atoms with Crippen molar-refractivity contribution < 1.29 is 9.84 Å². The van der Waals surface area contributed by atoms with E-state index in [1.807, 2.05) is 13.8 Å². The molecule has 0 saturated carbocycles. The van der Waals surface area contributed by atoms with Gasteiger partial charge >= 0.3 is 0 Å². The molecule has 1 rings (SSSR count). The molecule has 3 N–H and O–H groups in total. The number of rotatable bonds is 5. The van der Waals surface area contributed by atoms with Gasteiger partial charge in [-0.15, -0.1) is 0 Å². The largest absolute Gasteiger partial charge is 0.493 e. The van der Waals surface area contributed by atoms with Crippen LogP contribution in [0.25, 0.3) is 0 Å². The van der Waals surface area contributed by atoms with Crippen LogP contribution in [0.2, 0.25) is 0 Å². The Morgan fingerprint density at radius 3 is 2.24 bits per heavy atom. The molecule has 96 valence electrons. The summed E-state index contributed by atoms with van der Waals surface area (Å²) in [6.07, 6.45) is 0.538. The Morgan fingerprint density at radius 1 is 1.24 bits per heavy atom. The van der Waals surface area contributed by atoms with Gasteiger partial charge in [0.2, 0.25) is 0 Å². The van der Waals surface area contributed by atoms with E-state index in [-0.39, 0.29) is 6.54 Å². The van der Waals surface area contributed by atoms with Crippen LogP contribution in [0.15, 0.2) is 12.1 Å². The molecule has 0 aliphatic rings. The van der Waals surface area contributed by atoms with E-state index in [1.54, 1.807) is 6.92 Å². The second kappa shape index (κ2) is 5.52. The Balaban J connectivity index is 2.64. The number of aliphatic hydroxyl groups is 1. The van der Waals surface area contributed by atoms with Crippen LogP contribution in [0.3, 0.4) is 0 Å². The fourth-order valence-electron chi connectivity index (χ4n) is 1.87. The maximum atomic E-state index is 9.78. The molecule has 3 nitrogen and oxygen atoms in total. The first-order chi connectivity index (χ1) is 7.85. The lowest BCUT2D eigenvalue weighted by Crippen LogP contribution is -2.35. The molecule has 1 atom stereocenters. The number of ether oxygens (including phenoxy) is 1. The number of aryl methyl sites for hydroxylation is 3. The minimum atomic E-state index is -0.841. The molecule has 0 heterocycles. The van der Waals surface area contributed by atoms with E-state index in [4.69, 9.17) is 10.5 Å². The van der Waals surface area contributed by atoms with Crippen LogP contribution in [-0.4, -0.2) is 23.9 Å². The smallest absolute Gasteiger partial charge is 0.125 e. The van der Waals surface area contributed by atoms with Gasteiger partial charge in [-0.25, -0.2) is 0 Å². The van der Waals surface area contributed by atoms with Crippen LogP contribution in [0, 0.1) is 20.8 Å². The fraction of sp³-hybridized carbons (Fsp3) is 0.571. The summed E-state index contributed by atoms with van der Waals surface area (Å²) in [6, 6.07) is 4.20. The van der Waals surface area contributed by atoms with Crippen molar-refractivity contribution in [2.45, 2.75) is 39.7 Å². The summed E-state index contributed by atoms with van der Waals surface area (Å²) in [7, 11) is 0. The lowest BCUT2D eigenvalue weighted by molar-refractivity contribution is 0.0451. The van der Waals surface area contributed by atoms with Crippen LogP contribution >= 0.6 is 0 Å². The van der Waals surface area contributed by atoms with Crippen molar-refractivity contribution in [3.8, 4) is 5.75 Å². The maximum absolute atomic E-state index is 9.78. The van der Waals surface area contributed by atoms with Crippen molar-refractivity contribution in [2.24, 2.45) is 5.73 Å². The highest BCUT2D eigenvalue weighted by atomic mass is 16.5. The fourth-order valence-corrected chi connectivity index (χ4v) is 1.87. The van der Waals surface area contributed by atoms with E-state index < -0.39 is 5.60 Å². The van der Waals surface area contributed by atoms with Gasteiger partial charge < -0.3 is 15.6 Å². The molecule has 0 radical (unpaired) electrons. The molecule has 0 fully saturated rings. The Morgan fingerprint density at radius 2 is 1.76 bits per heavy atom. The van der Waals surface area contributed by atoms with E-state index in [2.05, 4.69) is 19.1 Å². The van der Waals surface area contributed by atoms with Crippen molar-refractivity contribution in [2.75, 3.05) is 13.2 Å². The van der Waals surface area contributed by atoms with Crippen LogP contribution in [-0.2, 0) is 0 Å². The van der Waals surface area contributed by atoms with Crippen molar-refractivity contribution in [3.05, 3.63) is 28.8 Å². The zero-order valence-corrected chi connectivity index (χ0v) is 11.2. The second-order valence-electron chi connectivity index (χ2n) is 5.03. The molecular formula is C14H23NO2. The third kappa shape index (κ3) is 4.02. The SMILES string of the molecule is Cc1cc(C)c(OCCC(C)(O)CN)c(C)c1. The van der Waals surface area contributed by atoms with Crippen LogP contribution in [0.1, 0.15) is 30.0 Å². The normalized spacial score (nSPS) is 14.5. The van der Waals surface area contributed by atoms with Crippen LogP contribution in [0.4, 0.5) is 0 Å². The molecule has 17 heavy (non-hydrogen) atoms. The average molecular weight is 237 g/mol. The summed E-state index contributed by atoms with van der Waals surface area (Å²) < 4.78 is 5.74.